The number of unbranched alkanes of at least 4 members (excludes halogenated alkanes) is 4. The van der Waals surface area contributed by atoms with Gasteiger partial charge in [0, 0.05) is 12.0 Å². The number of nitrogens with two attached hydrogens (primary N) is 1. The van der Waals surface area contributed by atoms with Crippen molar-refractivity contribution in [2.24, 2.45) is 5.73 Å². The first kappa shape index (κ1) is 7.23. The highest BCUT2D eigenvalue weighted by Gasteiger charge is 2.03. The third-order valence-corrected chi connectivity index (χ3v) is 2.39. The molecule has 0 saturated carbocycles. The zero-order valence-corrected chi connectivity index (χ0v) is 9.44. The first-order valence-electron chi connectivity index (χ1n) is 8.22. The van der Waals surface area contributed by atoms with Gasteiger partial charge in [-0.3, -0.25) is 4.79 Å². The fourth-order valence-electron chi connectivity index (χ4n) is 1.47. The Morgan fingerprint density at radius 1 is 1.06 bits per heavy atom. The lowest BCUT2D eigenvalue weighted by Gasteiger charge is -2.01. The Kier molecular flexibility index (Phi) is 3.64. The number of hydrogen-bond acceptors (Lipinski definition) is 2. The Morgan fingerprint density at radius 3 is 2.38 bits per heavy atom. The van der Waals surface area contributed by atoms with Crippen molar-refractivity contribution in [3.05, 3.63) is 35.8 Å². The van der Waals surface area contributed by atoms with Crippen molar-refractivity contribution in [3.8, 4) is 0 Å². The lowest BCUT2D eigenvalue weighted by molar-refractivity contribution is 0.0979. The van der Waals surface area contributed by atoms with Gasteiger partial charge in [0.15, 0.2) is 5.78 Å². The van der Waals surface area contributed by atoms with E-state index < -0.39 is 30.2 Å². The van der Waals surface area contributed by atoms with E-state index in [1.807, 2.05) is 0 Å². The molecule has 0 bridgehead atoms. The minimum Gasteiger partial charge on any atom is -0.330 e. The number of benzene rings is 1. The molecule has 0 aromatic heterocycles. The van der Waals surface area contributed by atoms with Gasteiger partial charge in [0.1, 0.15) is 0 Å². The Bertz CT molecular complexity index is 490. The largest absolute Gasteiger partial charge is 0.330 e. The maximum Gasteiger partial charge on any atom is 0.162 e. The SMILES string of the molecule is [2H]c1c([2H])c([2H])c(C(=O)CCCCCCCN)c([2H])c1[2H]. The molecule has 2 heteroatoms. The summed E-state index contributed by atoms with van der Waals surface area (Å²) in [6.07, 6.45) is 4.73. The quantitative estimate of drug-likeness (QED) is 0.544. The normalized spacial score (nSPS) is 14.7. The van der Waals surface area contributed by atoms with E-state index in [0.29, 0.717) is 13.0 Å². The van der Waals surface area contributed by atoms with Crippen LogP contribution in [0, 0.1) is 0 Å². The summed E-state index contributed by atoms with van der Waals surface area (Å²) in [5.41, 5.74) is 5.20. The molecule has 1 aromatic carbocycles. The van der Waals surface area contributed by atoms with Gasteiger partial charge in [-0.2, -0.15) is 0 Å². The first-order valence-corrected chi connectivity index (χ1v) is 5.72. The average molecular weight is 224 g/mol. The Hall–Kier alpha value is -1.15. The second kappa shape index (κ2) is 8.05. The number of carbonyl (C=O) groups is 1. The fraction of sp³-hybridized carbons (Fsp3) is 0.500. The number of Topliss-reactive ketones (excluding diaryl/α,β-unsaturated/α-hetero) is 1. The van der Waals surface area contributed by atoms with Crippen LogP contribution < -0.4 is 5.73 Å². The number of rotatable bonds is 8. The van der Waals surface area contributed by atoms with E-state index in [-0.39, 0.29) is 17.8 Å². The number of hydrogen-bond donors (Lipinski definition) is 1. The minimum atomic E-state index is -0.469. The van der Waals surface area contributed by atoms with Crippen molar-refractivity contribution in [3.63, 3.8) is 0 Å². The maximum atomic E-state index is 12.1. The lowest BCUT2D eigenvalue weighted by atomic mass is 10.0. The molecular weight excluding hydrogens is 198 g/mol. The second-order valence-electron chi connectivity index (χ2n) is 3.73. The van der Waals surface area contributed by atoms with Crippen LogP contribution in [-0.2, 0) is 0 Å². The molecular formula is C14H21NO. The molecule has 0 radical (unpaired) electrons. The molecule has 88 valence electrons. The summed E-state index contributed by atoms with van der Waals surface area (Å²) in [5.74, 6) is -0.383. The van der Waals surface area contributed by atoms with Crippen LogP contribution in [-0.4, -0.2) is 12.3 Å². The van der Waals surface area contributed by atoms with E-state index in [2.05, 4.69) is 0 Å². The summed E-state index contributed by atoms with van der Waals surface area (Å²) in [5, 5.41) is 0. The van der Waals surface area contributed by atoms with Crippen molar-refractivity contribution in [1.82, 2.24) is 0 Å². The van der Waals surface area contributed by atoms with Crippen LogP contribution in [0.15, 0.2) is 30.2 Å². The molecule has 0 atom stereocenters. The Morgan fingerprint density at radius 2 is 1.69 bits per heavy atom. The highest BCUT2D eigenvalue weighted by molar-refractivity contribution is 5.95. The van der Waals surface area contributed by atoms with Crippen molar-refractivity contribution in [1.29, 1.82) is 0 Å². The summed E-state index contributed by atoms with van der Waals surface area (Å²) in [6.45, 7) is 0.668. The van der Waals surface area contributed by atoms with Crippen molar-refractivity contribution >= 4 is 5.78 Å². The summed E-state index contributed by atoms with van der Waals surface area (Å²) in [6, 6.07) is -2.20. The predicted molar refractivity (Wildman–Crippen MR) is 67.5 cm³/mol. The van der Waals surface area contributed by atoms with Gasteiger partial charge in [0.25, 0.3) is 0 Å². The molecule has 0 unspecified atom stereocenters. The van der Waals surface area contributed by atoms with Crippen molar-refractivity contribution < 1.29 is 11.6 Å². The van der Waals surface area contributed by atoms with Gasteiger partial charge >= 0.3 is 0 Å². The molecule has 0 fully saturated rings. The molecule has 0 heterocycles. The van der Waals surface area contributed by atoms with Gasteiger partial charge in [0.2, 0.25) is 0 Å². The number of ketones is 1. The lowest BCUT2D eigenvalue weighted by Crippen LogP contribution is -1.99. The predicted octanol–water partition coefficient (Wildman–Crippen LogP) is 3.17. The van der Waals surface area contributed by atoms with Crippen molar-refractivity contribution in [2.75, 3.05) is 6.54 Å². The van der Waals surface area contributed by atoms with Crippen LogP contribution in [0.5, 0.6) is 0 Å². The fourth-order valence-corrected chi connectivity index (χ4v) is 1.47. The van der Waals surface area contributed by atoms with Gasteiger partial charge in [-0.05, 0) is 19.4 Å². The Labute approximate surface area is 105 Å². The molecule has 0 amide bonds. The van der Waals surface area contributed by atoms with E-state index >= 15 is 0 Å². The van der Waals surface area contributed by atoms with E-state index in [0.717, 1.165) is 25.7 Å². The van der Waals surface area contributed by atoms with E-state index in [1.165, 1.54) is 0 Å². The van der Waals surface area contributed by atoms with Gasteiger partial charge in [-0.15, -0.1) is 0 Å². The smallest absolute Gasteiger partial charge is 0.162 e. The Balaban J connectivity index is 2.71. The third-order valence-electron chi connectivity index (χ3n) is 2.39. The molecule has 0 aliphatic carbocycles. The molecule has 0 saturated heterocycles. The highest BCUT2D eigenvalue weighted by Crippen LogP contribution is 2.09. The molecule has 1 aromatic rings. The molecule has 2 nitrogen and oxygen atoms in total. The van der Waals surface area contributed by atoms with Crippen LogP contribution in [0.25, 0.3) is 0 Å². The molecule has 0 spiro atoms. The summed E-state index contributed by atoms with van der Waals surface area (Å²) in [4.78, 5) is 12.1. The van der Waals surface area contributed by atoms with Crippen LogP contribution in [0.1, 0.15) is 55.7 Å². The van der Waals surface area contributed by atoms with E-state index in [9.17, 15) is 4.79 Å². The standard InChI is InChI=1S/C14H21NO/c15-12-8-3-1-2-7-11-14(16)13-9-5-4-6-10-13/h4-6,9-10H,1-3,7-8,11-12,15H2/i4D,5D,6D,9D,10D. The summed E-state index contributed by atoms with van der Waals surface area (Å²) < 4.78 is 38.0. The molecule has 2 N–H and O–H groups in total. The highest BCUT2D eigenvalue weighted by atomic mass is 16.1. The summed E-state index contributed by atoms with van der Waals surface area (Å²) >= 11 is 0. The van der Waals surface area contributed by atoms with Crippen LogP contribution in [0.3, 0.4) is 0 Å². The van der Waals surface area contributed by atoms with E-state index in [1.54, 1.807) is 0 Å². The average Bonchev–Trinajstić information content (AvgIpc) is 2.47. The van der Waals surface area contributed by atoms with Gasteiger partial charge in [0.05, 0.1) is 6.85 Å². The van der Waals surface area contributed by atoms with Crippen molar-refractivity contribution in [2.45, 2.75) is 38.5 Å². The summed E-state index contributed by atoms with van der Waals surface area (Å²) in [7, 11) is 0. The van der Waals surface area contributed by atoms with Gasteiger partial charge < -0.3 is 5.73 Å². The monoisotopic (exact) mass is 224 g/mol. The van der Waals surface area contributed by atoms with E-state index in [4.69, 9.17) is 12.6 Å². The second-order valence-corrected chi connectivity index (χ2v) is 3.73. The third kappa shape index (κ3) is 5.08. The maximum absolute atomic E-state index is 12.1. The molecule has 1 rings (SSSR count). The molecule has 0 aliphatic rings. The zero-order chi connectivity index (χ0) is 16.0. The zero-order valence-electron chi connectivity index (χ0n) is 14.4. The first-order chi connectivity index (χ1) is 9.91. The van der Waals surface area contributed by atoms with Crippen LogP contribution >= 0.6 is 0 Å². The molecule has 16 heavy (non-hydrogen) atoms. The minimum absolute atomic E-state index is 0.192. The number of carbonyl (C=O) groups excluding carboxylic acids is 1. The molecule has 0 aliphatic heterocycles. The van der Waals surface area contributed by atoms with Gasteiger partial charge in [-0.1, -0.05) is 49.5 Å². The van der Waals surface area contributed by atoms with Crippen LogP contribution in [0.4, 0.5) is 0 Å². The van der Waals surface area contributed by atoms with Crippen LogP contribution in [0.2, 0.25) is 0 Å². The van der Waals surface area contributed by atoms with Gasteiger partial charge in [-0.25, -0.2) is 0 Å². The topological polar surface area (TPSA) is 43.1 Å².